The molecule has 0 aromatic carbocycles. The fourth-order valence-corrected chi connectivity index (χ4v) is 2.50. The Bertz CT molecular complexity index is 836. The van der Waals surface area contributed by atoms with Crippen LogP contribution in [0, 0.1) is 0 Å². The molecule has 2 aromatic heterocycles. The number of pyridine rings is 1. The van der Waals surface area contributed by atoms with Gasteiger partial charge in [-0.15, -0.1) is 0 Å². The van der Waals surface area contributed by atoms with Crippen LogP contribution in [0.15, 0.2) is 34.5 Å². The maximum atomic E-state index is 13.0. The first kappa shape index (κ1) is 15.8. The number of nitrogens with two attached hydrogens (primary N) is 1. The lowest BCUT2D eigenvalue weighted by atomic mass is 10.0. The van der Waals surface area contributed by atoms with Gasteiger partial charge in [0, 0.05) is 11.6 Å². The average Bonchev–Trinajstić information content (AvgIpc) is 2.95. The van der Waals surface area contributed by atoms with Gasteiger partial charge in [-0.1, -0.05) is 12.2 Å². The Morgan fingerprint density at radius 2 is 2.13 bits per heavy atom. The van der Waals surface area contributed by atoms with Crippen LogP contribution in [0.25, 0.3) is 10.9 Å². The van der Waals surface area contributed by atoms with Crippen molar-refractivity contribution in [2.24, 2.45) is 15.7 Å². The first-order valence-electron chi connectivity index (χ1n) is 6.74. The third kappa shape index (κ3) is 2.89. The second kappa shape index (κ2) is 5.50. The van der Waals surface area contributed by atoms with E-state index in [1.165, 1.54) is 0 Å². The highest BCUT2D eigenvalue weighted by molar-refractivity contribution is 7.82. The summed E-state index contributed by atoms with van der Waals surface area (Å²) in [4.78, 5) is 14.3. The highest BCUT2D eigenvalue weighted by Crippen LogP contribution is 2.26. The second-order valence-electron chi connectivity index (χ2n) is 5.15. The van der Waals surface area contributed by atoms with Crippen LogP contribution in [0.5, 0.6) is 0 Å². The van der Waals surface area contributed by atoms with Crippen molar-refractivity contribution in [1.29, 1.82) is 0 Å². The molecule has 9 heteroatoms. The van der Waals surface area contributed by atoms with Gasteiger partial charge in [0.1, 0.15) is 12.0 Å². The normalized spacial score (nSPS) is 20.4. The van der Waals surface area contributed by atoms with E-state index in [0.29, 0.717) is 5.69 Å². The topological polar surface area (TPSA) is 79.4 Å². The number of aromatic amines is 1. The molecule has 2 unspecified atom stereocenters. The zero-order chi connectivity index (χ0) is 16.8. The number of alkyl halides is 3. The summed E-state index contributed by atoms with van der Waals surface area (Å²) in [5, 5.41) is 0.901. The Morgan fingerprint density at radius 3 is 2.83 bits per heavy atom. The van der Waals surface area contributed by atoms with Crippen LogP contribution < -0.4 is 5.73 Å². The van der Waals surface area contributed by atoms with E-state index in [4.69, 9.17) is 18.0 Å². The molecule has 0 amide bonds. The number of nitrogens with one attached hydrogen (secondary N) is 1. The molecular formula is C14H12F3N5S. The van der Waals surface area contributed by atoms with Crippen molar-refractivity contribution < 1.29 is 13.2 Å². The number of nitrogens with zero attached hydrogens (tertiary/aromatic N) is 3. The van der Waals surface area contributed by atoms with Crippen LogP contribution in [0.1, 0.15) is 18.5 Å². The Labute approximate surface area is 134 Å². The maximum Gasteiger partial charge on any atom is 0.434 e. The summed E-state index contributed by atoms with van der Waals surface area (Å²) in [5.74, 6) is -0.568. The van der Waals surface area contributed by atoms with Gasteiger partial charge in [-0.25, -0.2) is 9.98 Å². The third-order valence-electron chi connectivity index (χ3n) is 3.56. The number of fused-ring (bicyclic) bond motifs is 1. The number of aromatic nitrogens is 2. The molecule has 3 rings (SSSR count). The van der Waals surface area contributed by atoms with Gasteiger partial charge in [-0.2, -0.15) is 13.2 Å². The summed E-state index contributed by atoms with van der Waals surface area (Å²) in [7, 11) is 0. The van der Waals surface area contributed by atoms with E-state index in [9.17, 15) is 13.2 Å². The van der Waals surface area contributed by atoms with Gasteiger partial charge in [0.15, 0.2) is 5.71 Å². The quantitative estimate of drug-likeness (QED) is 0.826. The fraction of sp³-hybridized carbons (Fsp3) is 0.286. The zero-order valence-electron chi connectivity index (χ0n) is 11.9. The number of amidine groups is 1. The number of H-pyrrole nitrogens is 1. The van der Waals surface area contributed by atoms with E-state index in [1.54, 1.807) is 25.4 Å². The minimum absolute atomic E-state index is 0.0270. The van der Waals surface area contributed by atoms with E-state index in [-0.39, 0.29) is 5.84 Å². The molecule has 0 saturated heterocycles. The van der Waals surface area contributed by atoms with Crippen molar-refractivity contribution >= 4 is 39.5 Å². The first-order chi connectivity index (χ1) is 10.8. The predicted molar refractivity (Wildman–Crippen MR) is 86.0 cm³/mol. The molecule has 3 N–H and O–H groups in total. The van der Waals surface area contributed by atoms with Gasteiger partial charge >= 0.3 is 6.18 Å². The molecule has 0 saturated carbocycles. The zero-order valence-corrected chi connectivity index (χ0v) is 12.7. The van der Waals surface area contributed by atoms with Crippen LogP contribution in [-0.2, 0) is 0 Å². The summed E-state index contributed by atoms with van der Waals surface area (Å²) >= 11 is 4.70. The molecule has 0 spiro atoms. The highest BCUT2D eigenvalue weighted by atomic mass is 32.1. The van der Waals surface area contributed by atoms with Crippen molar-refractivity contribution in [1.82, 2.24) is 9.97 Å². The summed E-state index contributed by atoms with van der Waals surface area (Å²) < 4.78 is 39.1. The lowest BCUT2D eigenvalue weighted by Gasteiger charge is -2.22. The van der Waals surface area contributed by atoms with Gasteiger partial charge in [0.25, 0.3) is 0 Å². The van der Waals surface area contributed by atoms with Crippen LogP contribution in [0.2, 0.25) is 0 Å². The summed E-state index contributed by atoms with van der Waals surface area (Å²) in [6.07, 6.45) is -2.52. The number of rotatable bonds is 2. The minimum Gasteiger partial charge on any atom is -0.360 e. The van der Waals surface area contributed by atoms with E-state index < -0.39 is 28.8 Å². The van der Waals surface area contributed by atoms with Crippen molar-refractivity contribution in [2.75, 3.05) is 0 Å². The molecular weight excluding hydrogens is 327 g/mol. The maximum absolute atomic E-state index is 13.0. The smallest absolute Gasteiger partial charge is 0.360 e. The highest BCUT2D eigenvalue weighted by Gasteiger charge is 2.42. The lowest BCUT2D eigenvalue weighted by molar-refractivity contribution is -0.0566. The molecule has 1 aliphatic heterocycles. The fourth-order valence-electron chi connectivity index (χ4n) is 2.29. The van der Waals surface area contributed by atoms with Crippen molar-refractivity contribution in [2.45, 2.75) is 25.2 Å². The SMILES string of the molecule is CC(C1=NC(N)C(=S)C(C(F)(F)F)=N1)c1cc2cc[nH]c2cn1. The van der Waals surface area contributed by atoms with E-state index in [2.05, 4.69) is 20.0 Å². The molecule has 5 nitrogen and oxygen atoms in total. The Balaban J connectivity index is 2.00. The molecule has 2 atom stereocenters. The standard InChI is InChI=1S/C14H12F3N5S/c1-6(8-4-7-2-3-19-9(7)5-20-8)13-21-11(14(15,16)17)10(23)12(18)22-13/h2-6,12,19H,18H2,1H3. The first-order valence-corrected chi connectivity index (χ1v) is 7.14. The van der Waals surface area contributed by atoms with Gasteiger partial charge in [0.05, 0.1) is 28.2 Å². The molecule has 3 heterocycles. The predicted octanol–water partition coefficient (Wildman–Crippen LogP) is 2.74. The monoisotopic (exact) mass is 339 g/mol. The minimum atomic E-state index is -4.66. The van der Waals surface area contributed by atoms with Crippen molar-refractivity contribution in [3.8, 4) is 0 Å². The molecule has 0 fully saturated rings. The van der Waals surface area contributed by atoms with Crippen LogP contribution in [0.4, 0.5) is 13.2 Å². The van der Waals surface area contributed by atoms with Crippen LogP contribution in [0.3, 0.4) is 0 Å². The van der Waals surface area contributed by atoms with Gasteiger partial charge < -0.3 is 10.7 Å². The van der Waals surface area contributed by atoms with Gasteiger partial charge in [-0.05, 0) is 19.1 Å². The number of hydrogen-bond donors (Lipinski definition) is 2. The molecule has 23 heavy (non-hydrogen) atoms. The van der Waals surface area contributed by atoms with Gasteiger partial charge in [-0.3, -0.25) is 4.98 Å². The Hall–Kier alpha value is -2.13. The summed E-state index contributed by atoms with van der Waals surface area (Å²) in [5.41, 5.74) is 5.85. The van der Waals surface area contributed by atoms with E-state index >= 15 is 0 Å². The third-order valence-corrected chi connectivity index (χ3v) is 3.99. The summed E-state index contributed by atoms with van der Waals surface area (Å²) in [6, 6.07) is 3.63. The largest absolute Gasteiger partial charge is 0.434 e. The molecule has 2 aromatic rings. The van der Waals surface area contributed by atoms with E-state index in [1.807, 2.05) is 6.07 Å². The molecule has 0 radical (unpaired) electrons. The molecule has 1 aliphatic rings. The average molecular weight is 339 g/mol. The van der Waals surface area contributed by atoms with Crippen LogP contribution >= 0.6 is 12.2 Å². The number of halogens is 3. The number of thiocarbonyl (C=S) groups is 1. The second-order valence-corrected chi connectivity index (χ2v) is 5.59. The van der Waals surface area contributed by atoms with Crippen LogP contribution in [-0.4, -0.2) is 38.7 Å². The van der Waals surface area contributed by atoms with Crippen molar-refractivity contribution in [3.05, 3.63) is 30.2 Å². The molecule has 0 bridgehead atoms. The Morgan fingerprint density at radius 1 is 1.39 bits per heavy atom. The molecule has 120 valence electrons. The van der Waals surface area contributed by atoms with E-state index in [0.717, 1.165) is 10.9 Å². The lowest BCUT2D eigenvalue weighted by Crippen LogP contribution is -2.44. The number of aliphatic imine (C=N–C) groups is 2. The summed E-state index contributed by atoms with van der Waals surface area (Å²) in [6.45, 7) is 1.68. The van der Waals surface area contributed by atoms with Crippen molar-refractivity contribution in [3.63, 3.8) is 0 Å². The Kier molecular flexibility index (Phi) is 3.77. The van der Waals surface area contributed by atoms with Gasteiger partial charge in [0.2, 0.25) is 0 Å². The number of hydrogen-bond acceptors (Lipinski definition) is 5. The molecule has 0 aliphatic carbocycles.